The first-order valence-electron chi connectivity index (χ1n) is 7.18. The lowest BCUT2D eigenvalue weighted by molar-refractivity contribution is -0.131. The predicted molar refractivity (Wildman–Crippen MR) is 78.3 cm³/mol. The largest absolute Gasteiger partial charge is 0.352 e. The van der Waals surface area contributed by atoms with Gasteiger partial charge in [0.05, 0.1) is 0 Å². The molecule has 4 heteroatoms. The van der Waals surface area contributed by atoms with E-state index in [9.17, 15) is 9.59 Å². The molecule has 108 valence electrons. The molecule has 4 nitrogen and oxygen atoms in total. The number of benzene rings is 1. The van der Waals surface area contributed by atoms with E-state index in [1.807, 2.05) is 30.1 Å². The molecule has 0 heterocycles. The topological polar surface area (TPSA) is 49.4 Å². The highest BCUT2D eigenvalue weighted by molar-refractivity contribution is 5.94. The zero-order valence-electron chi connectivity index (χ0n) is 12.1. The number of carbonyl (C=O) groups excluding carboxylic acids is 2. The van der Waals surface area contributed by atoms with Gasteiger partial charge in [-0.3, -0.25) is 9.59 Å². The van der Waals surface area contributed by atoms with E-state index in [4.69, 9.17) is 0 Å². The van der Waals surface area contributed by atoms with Crippen LogP contribution in [0.4, 0.5) is 0 Å². The van der Waals surface area contributed by atoms with Gasteiger partial charge in [-0.2, -0.15) is 0 Å². The molecule has 20 heavy (non-hydrogen) atoms. The van der Waals surface area contributed by atoms with Crippen LogP contribution in [0.3, 0.4) is 0 Å². The first kappa shape index (κ1) is 14.6. The molecule has 1 aliphatic carbocycles. The molecule has 2 amide bonds. The highest BCUT2D eigenvalue weighted by atomic mass is 16.2. The van der Waals surface area contributed by atoms with Crippen molar-refractivity contribution in [2.75, 3.05) is 13.6 Å². The fourth-order valence-corrected chi connectivity index (χ4v) is 2.27. The molecule has 1 aliphatic rings. The SMILES string of the molecule is CC(C1CC1)N(C)C(=O)CCNC(=O)c1ccccc1. The number of amides is 2. The Balaban J connectivity index is 1.72. The lowest BCUT2D eigenvalue weighted by Gasteiger charge is -2.25. The summed E-state index contributed by atoms with van der Waals surface area (Å²) in [5.41, 5.74) is 0.625. The molecule has 0 saturated heterocycles. The van der Waals surface area contributed by atoms with Crippen molar-refractivity contribution in [3.8, 4) is 0 Å². The molecule has 1 aromatic rings. The molecule has 0 spiro atoms. The van der Waals surface area contributed by atoms with Crippen LogP contribution in [0.5, 0.6) is 0 Å². The molecule has 0 radical (unpaired) electrons. The molecule has 1 N–H and O–H groups in total. The summed E-state index contributed by atoms with van der Waals surface area (Å²) in [7, 11) is 1.85. The second-order valence-corrected chi connectivity index (χ2v) is 5.45. The smallest absolute Gasteiger partial charge is 0.251 e. The average molecular weight is 274 g/mol. The van der Waals surface area contributed by atoms with Gasteiger partial charge in [-0.1, -0.05) is 18.2 Å². The van der Waals surface area contributed by atoms with Gasteiger partial charge in [0.1, 0.15) is 0 Å². The third-order valence-electron chi connectivity index (χ3n) is 3.97. The standard InChI is InChI=1S/C16H22N2O2/c1-12(13-8-9-13)18(2)15(19)10-11-17-16(20)14-6-4-3-5-7-14/h3-7,12-13H,8-11H2,1-2H3,(H,17,20). The van der Waals surface area contributed by atoms with E-state index in [1.165, 1.54) is 12.8 Å². The van der Waals surface area contributed by atoms with E-state index in [-0.39, 0.29) is 11.8 Å². The zero-order chi connectivity index (χ0) is 14.5. The molecule has 1 atom stereocenters. The lowest BCUT2D eigenvalue weighted by atomic mass is 10.2. The molecule has 0 aromatic heterocycles. The van der Waals surface area contributed by atoms with Crippen molar-refractivity contribution in [3.05, 3.63) is 35.9 Å². The fourth-order valence-electron chi connectivity index (χ4n) is 2.27. The van der Waals surface area contributed by atoms with Gasteiger partial charge in [-0.25, -0.2) is 0 Å². The van der Waals surface area contributed by atoms with Crippen molar-refractivity contribution in [1.29, 1.82) is 0 Å². The van der Waals surface area contributed by atoms with Crippen LogP contribution in [0.15, 0.2) is 30.3 Å². The molecule has 0 aliphatic heterocycles. The second-order valence-electron chi connectivity index (χ2n) is 5.45. The third-order valence-corrected chi connectivity index (χ3v) is 3.97. The zero-order valence-corrected chi connectivity index (χ0v) is 12.1. The summed E-state index contributed by atoms with van der Waals surface area (Å²) in [6.07, 6.45) is 2.80. The maximum Gasteiger partial charge on any atom is 0.251 e. The van der Waals surface area contributed by atoms with Crippen LogP contribution in [-0.4, -0.2) is 36.3 Å². The summed E-state index contributed by atoms with van der Waals surface area (Å²) in [4.78, 5) is 25.6. The fraction of sp³-hybridized carbons (Fsp3) is 0.500. The van der Waals surface area contributed by atoms with Gasteiger partial charge in [0.25, 0.3) is 5.91 Å². The lowest BCUT2D eigenvalue weighted by Crippen LogP contribution is -2.38. The van der Waals surface area contributed by atoms with Gasteiger partial charge in [-0.15, -0.1) is 0 Å². The Morgan fingerprint density at radius 3 is 2.55 bits per heavy atom. The van der Waals surface area contributed by atoms with Crippen LogP contribution in [0.25, 0.3) is 0 Å². The molecule has 0 bridgehead atoms. The van der Waals surface area contributed by atoms with Crippen LogP contribution in [-0.2, 0) is 4.79 Å². The Kier molecular flexibility index (Phi) is 4.77. The normalized spacial score (nSPS) is 15.5. The molecule has 1 aromatic carbocycles. The van der Waals surface area contributed by atoms with Gasteiger partial charge in [-0.05, 0) is 37.8 Å². The second kappa shape index (κ2) is 6.55. The summed E-state index contributed by atoms with van der Waals surface area (Å²) in [6, 6.07) is 9.36. The van der Waals surface area contributed by atoms with E-state index < -0.39 is 0 Å². The number of nitrogens with zero attached hydrogens (tertiary/aromatic N) is 1. The van der Waals surface area contributed by atoms with Gasteiger partial charge in [0, 0.05) is 31.6 Å². The Labute approximate surface area is 120 Å². The third kappa shape index (κ3) is 3.83. The van der Waals surface area contributed by atoms with Crippen LogP contribution >= 0.6 is 0 Å². The Bertz CT molecular complexity index is 469. The molecule has 1 saturated carbocycles. The summed E-state index contributed by atoms with van der Waals surface area (Å²) < 4.78 is 0. The number of nitrogens with one attached hydrogen (secondary N) is 1. The molecular weight excluding hydrogens is 252 g/mol. The van der Waals surface area contributed by atoms with Gasteiger partial charge >= 0.3 is 0 Å². The quantitative estimate of drug-likeness (QED) is 0.863. The molecule has 2 rings (SSSR count). The van der Waals surface area contributed by atoms with Crippen LogP contribution in [0.2, 0.25) is 0 Å². The first-order valence-corrected chi connectivity index (χ1v) is 7.18. The van der Waals surface area contributed by atoms with Crippen molar-refractivity contribution in [3.63, 3.8) is 0 Å². The summed E-state index contributed by atoms with van der Waals surface area (Å²) in [6.45, 7) is 2.48. The summed E-state index contributed by atoms with van der Waals surface area (Å²) >= 11 is 0. The maximum absolute atomic E-state index is 12.0. The maximum atomic E-state index is 12.0. The minimum absolute atomic E-state index is 0.0951. The summed E-state index contributed by atoms with van der Waals surface area (Å²) in [5, 5.41) is 2.78. The Morgan fingerprint density at radius 1 is 1.30 bits per heavy atom. The Hall–Kier alpha value is -1.84. The van der Waals surface area contributed by atoms with E-state index in [0.29, 0.717) is 30.5 Å². The number of hydrogen-bond acceptors (Lipinski definition) is 2. The van der Waals surface area contributed by atoms with Gasteiger partial charge in [0.15, 0.2) is 0 Å². The van der Waals surface area contributed by atoms with Crippen molar-refractivity contribution < 1.29 is 9.59 Å². The number of hydrogen-bond donors (Lipinski definition) is 1. The van der Waals surface area contributed by atoms with Crippen LogP contribution in [0.1, 0.15) is 36.5 Å². The number of rotatable bonds is 6. The predicted octanol–water partition coefficient (Wildman–Crippen LogP) is 2.06. The minimum Gasteiger partial charge on any atom is -0.352 e. The highest BCUT2D eigenvalue weighted by Gasteiger charge is 2.32. The van der Waals surface area contributed by atoms with Crippen molar-refractivity contribution in [2.24, 2.45) is 5.92 Å². The first-order chi connectivity index (χ1) is 9.59. The van der Waals surface area contributed by atoms with Crippen molar-refractivity contribution in [2.45, 2.75) is 32.2 Å². The average Bonchev–Trinajstić information content (AvgIpc) is 3.31. The van der Waals surface area contributed by atoms with Gasteiger partial charge in [0.2, 0.25) is 5.91 Å². The molecule has 1 unspecified atom stereocenters. The van der Waals surface area contributed by atoms with Crippen LogP contribution in [0, 0.1) is 5.92 Å². The van der Waals surface area contributed by atoms with Crippen LogP contribution < -0.4 is 5.32 Å². The van der Waals surface area contributed by atoms with E-state index in [0.717, 1.165) is 0 Å². The Morgan fingerprint density at radius 2 is 1.95 bits per heavy atom. The minimum atomic E-state index is -0.128. The molecule has 1 fully saturated rings. The van der Waals surface area contributed by atoms with E-state index in [1.54, 1.807) is 12.1 Å². The number of carbonyl (C=O) groups is 2. The van der Waals surface area contributed by atoms with E-state index >= 15 is 0 Å². The summed E-state index contributed by atoms with van der Waals surface area (Å²) in [5.74, 6) is 0.636. The van der Waals surface area contributed by atoms with Crippen molar-refractivity contribution >= 4 is 11.8 Å². The monoisotopic (exact) mass is 274 g/mol. The highest BCUT2D eigenvalue weighted by Crippen LogP contribution is 2.34. The van der Waals surface area contributed by atoms with Crippen molar-refractivity contribution in [1.82, 2.24) is 10.2 Å². The molecular formula is C16H22N2O2. The van der Waals surface area contributed by atoms with E-state index in [2.05, 4.69) is 12.2 Å². The van der Waals surface area contributed by atoms with Gasteiger partial charge < -0.3 is 10.2 Å².